The van der Waals surface area contributed by atoms with E-state index in [4.69, 9.17) is 4.74 Å². The van der Waals surface area contributed by atoms with E-state index in [1.54, 1.807) is 34.9 Å². The van der Waals surface area contributed by atoms with E-state index in [1.165, 1.54) is 11.8 Å². The van der Waals surface area contributed by atoms with Crippen LogP contribution in [0.4, 0.5) is 5.82 Å². The highest BCUT2D eigenvalue weighted by atomic mass is 32.2. The number of fused-ring (bicyclic) bond motifs is 1. The first-order valence-electron chi connectivity index (χ1n) is 9.43. The number of amides is 2. The Bertz CT molecular complexity index is 870. The minimum absolute atomic E-state index is 0.0644. The highest BCUT2D eigenvalue weighted by Crippen LogP contribution is 2.34. The number of rotatable bonds is 8. The van der Waals surface area contributed by atoms with Crippen molar-refractivity contribution in [1.82, 2.24) is 25.1 Å². The van der Waals surface area contributed by atoms with Crippen molar-refractivity contribution in [3.8, 4) is 0 Å². The highest BCUT2D eigenvalue weighted by molar-refractivity contribution is 7.99. The molecule has 2 amide bonds. The van der Waals surface area contributed by atoms with Gasteiger partial charge in [-0.25, -0.2) is 14.6 Å². The smallest absolute Gasteiger partial charge is 0.241 e. The lowest BCUT2D eigenvalue weighted by Crippen LogP contribution is -2.34. The summed E-state index contributed by atoms with van der Waals surface area (Å²) in [5.41, 5.74) is 1.92. The predicted molar refractivity (Wildman–Crippen MR) is 111 cm³/mol. The molecule has 29 heavy (non-hydrogen) atoms. The quantitative estimate of drug-likeness (QED) is 0.474. The van der Waals surface area contributed by atoms with Gasteiger partial charge in [0.15, 0.2) is 5.16 Å². The molecule has 0 saturated carbocycles. The SMILES string of the molecule is O=C(Cn1nc2c(c1NC(=O)CSc1ncccn1)CSC2)NCC1CCCO1. The minimum Gasteiger partial charge on any atom is -0.376 e. The van der Waals surface area contributed by atoms with E-state index in [-0.39, 0.29) is 30.2 Å². The molecular formula is C18H22N6O3S2. The molecule has 1 atom stereocenters. The lowest BCUT2D eigenvalue weighted by atomic mass is 10.2. The third-order valence-corrected chi connectivity index (χ3v) is 6.44. The van der Waals surface area contributed by atoms with Gasteiger partial charge in [0.2, 0.25) is 11.8 Å². The first kappa shape index (κ1) is 20.2. The lowest BCUT2D eigenvalue weighted by molar-refractivity contribution is -0.122. The zero-order valence-electron chi connectivity index (χ0n) is 15.8. The maximum absolute atomic E-state index is 12.5. The zero-order chi connectivity index (χ0) is 20.1. The summed E-state index contributed by atoms with van der Waals surface area (Å²) in [5.74, 6) is 2.03. The number of hydrogen-bond donors (Lipinski definition) is 2. The van der Waals surface area contributed by atoms with Crippen LogP contribution in [0.15, 0.2) is 23.6 Å². The monoisotopic (exact) mass is 434 g/mol. The summed E-state index contributed by atoms with van der Waals surface area (Å²) in [7, 11) is 0. The zero-order valence-corrected chi connectivity index (χ0v) is 17.4. The van der Waals surface area contributed by atoms with Crippen LogP contribution >= 0.6 is 23.5 Å². The summed E-state index contributed by atoms with van der Waals surface area (Å²) >= 11 is 3.01. The third kappa shape index (κ3) is 5.28. The molecule has 2 aromatic heterocycles. The van der Waals surface area contributed by atoms with Gasteiger partial charge in [-0.15, -0.1) is 0 Å². The Kier molecular flexibility index (Phi) is 6.67. The third-order valence-electron chi connectivity index (χ3n) is 4.60. The molecule has 1 fully saturated rings. The largest absolute Gasteiger partial charge is 0.376 e. The Hall–Kier alpha value is -2.11. The Morgan fingerprint density at radius 1 is 1.28 bits per heavy atom. The van der Waals surface area contributed by atoms with E-state index >= 15 is 0 Å². The maximum Gasteiger partial charge on any atom is 0.241 e. The second kappa shape index (κ2) is 9.59. The van der Waals surface area contributed by atoms with Crippen LogP contribution in [0, 0.1) is 0 Å². The van der Waals surface area contributed by atoms with Gasteiger partial charge in [-0.05, 0) is 18.9 Å². The first-order valence-corrected chi connectivity index (χ1v) is 11.6. The molecule has 0 bridgehead atoms. The van der Waals surface area contributed by atoms with Gasteiger partial charge < -0.3 is 15.4 Å². The standard InChI is InChI=1S/C18H22N6O3S2/c25-15(21-7-12-3-1-6-27-12)8-24-17(13-9-28-10-14(13)23-24)22-16(26)11-29-18-19-4-2-5-20-18/h2,4-5,12H,1,3,6-11H2,(H,21,25)(H,22,26). The van der Waals surface area contributed by atoms with Crippen LogP contribution < -0.4 is 10.6 Å². The number of ether oxygens (including phenoxy) is 1. The van der Waals surface area contributed by atoms with Crippen LogP contribution in [-0.2, 0) is 32.4 Å². The second-order valence-electron chi connectivity index (χ2n) is 6.73. The molecule has 0 spiro atoms. The molecule has 0 aromatic carbocycles. The van der Waals surface area contributed by atoms with Gasteiger partial charge in [-0.3, -0.25) is 9.59 Å². The minimum atomic E-state index is -0.178. The normalized spacial score (nSPS) is 17.9. The highest BCUT2D eigenvalue weighted by Gasteiger charge is 2.25. The predicted octanol–water partition coefficient (Wildman–Crippen LogP) is 1.45. The molecule has 11 heteroatoms. The van der Waals surface area contributed by atoms with Crippen molar-refractivity contribution in [3.63, 3.8) is 0 Å². The molecule has 0 aliphatic carbocycles. The first-order chi connectivity index (χ1) is 14.2. The van der Waals surface area contributed by atoms with E-state index < -0.39 is 0 Å². The lowest BCUT2D eigenvalue weighted by Gasteiger charge is -2.13. The average molecular weight is 435 g/mol. The second-order valence-corrected chi connectivity index (χ2v) is 8.66. The molecule has 1 saturated heterocycles. The summed E-state index contributed by atoms with van der Waals surface area (Å²) in [6.45, 7) is 1.33. The fourth-order valence-corrected chi connectivity index (χ4v) is 4.84. The van der Waals surface area contributed by atoms with Gasteiger partial charge in [-0.2, -0.15) is 16.9 Å². The molecule has 2 aliphatic rings. The van der Waals surface area contributed by atoms with E-state index in [0.717, 1.165) is 42.2 Å². The summed E-state index contributed by atoms with van der Waals surface area (Å²) < 4.78 is 7.13. The molecule has 4 rings (SSSR count). The van der Waals surface area contributed by atoms with Crippen molar-refractivity contribution in [1.29, 1.82) is 0 Å². The molecule has 2 N–H and O–H groups in total. The number of nitrogens with zero attached hydrogens (tertiary/aromatic N) is 4. The number of nitrogens with one attached hydrogen (secondary N) is 2. The molecule has 9 nitrogen and oxygen atoms in total. The summed E-state index contributed by atoms with van der Waals surface area (Å²) in [6.07, 6.45) is 5.38. The fraction of sp³-hybridized carbons (Fsp3) is 0.500. The Morgan fingerprint density at radius 3 is 2.93 bits per heavy atom. The molecular weight excluding hydrogens is 412 g/mol. The van der Waals surface area contributed by atoms with E-state index in [0.29, 0.717) is 17.5 Å². The van der Waals surface area contributed by atoms with Crippen molar-refractivity contribution in [2.45, 2.75) is 42.2 Å². The molecule has 1 unspecified atom stereocenters. The molecule has 2 aromatic rings. The van der Waals surface area contributed by atoms with Crippen LogP contribution in [0.5, 0.6) is 0 Å². The molecule has 4 heterocycles. The number of anilines is 1. The summed E-state index contributed by atoms with van der Waals surface area (Å²) in [6, 6.07) is 1.73. The van der Waals surface area contributed by atoms with Gasteiger partial charge in [0.1, 0.15) is 12.4 Å². The van der Waals surface area contributed by atoms with Crippen LogP contribution in [0.3, 0.4) is 0 Å². The Balaban J connectivity index is 1.36. The van der Waals surface area contributed by atoms with Crippen LogP contribution in [-0.4, -0.2) is 56.6 Å². The fourth-order valence-electron chi connectivity index (χ4n) is 3.20. The molecule has 154 valence electrons. The van der Waals surface area contributed by atoms with Crippen molar-refractivity contribution >= 4 is 41.2 Å². The Labute approximate surface area is 176 Å². The van der Waals surface area contributed by atoms with Gasteiger partial charge in [0, 0.05) is 42.6 Å². The van der Waals surface area contributed by atoms with Crippen LogP contribution in [0.1, 0.15) is 24.1 Å². The van der Waals surface area contributed by atoms with E-state index in [2.05, 4.69) is 25.7 Å². The van der Waals surface area contributed by atoms with Gasteiger partial charge in [0.25, 0.3) is 0 Å². The van der Waals surface area contributed by atoms with Crippen molar-refractivity contribution in [3.05, 3.63) is 29.7 Å². The average Bonchev–Trinajstić information content (AvgIpc) is 3.46. The Morgan fingerprint density at radius 2 is 2.14 bits per heavy atom. The number of thioether (sulfide) groups is 2. The summed E-state index contributed by atoms with van der Waals surface area (Å²) in [5, 5.41) is 10.9. The van der Waals surface area contributed by atoms with E-state index in [1.807, 2.05) is 0 Å². The molecule has 0 radical (unpaired) electrons. The van der Waals surface area contributed by atoms with Crippen molar-refractivity contribution in [2.75, 3.05) is 24.2 Å². The van der Waals surface area contributed by atoms with Crippen LogP contribution in [0.25, 0.3) is 0 Å². The van der Waals surface area contributed by atoms with Gasteiger partial charge in [-0.1, -0.05) is 11.8 Å². The van der Waals surface area contributed by atoms with E-state index in [9.17, 15) is 9.59 Å². The van der Waals surface area contributed by atoms with Crippen LogP contribution in [0.2, 0.25) is 0 Å². The molecule has 2 aliphatic heterocycles. The van der Waals surface area contributed by atoms with Crippen molar-refractivity contribution in [2.24, 2.45) is 0 Å². The summed E-state index contributed by atoms with van der Waals surface area (Å²) in [4.78, 5) is 33.1. The maximum atomic E-state index is 12.5. The topological polar surface area (TPSA) is 111 Å². The number of hydrogen-bond acceptors (Lipinski definition) is 8. The number of aromatic nitrogens is 4. The van der Waals surface area contributed by atoms with Gasteiger partial charge in [0.05, 0.1) is 17.6 Å². The van der Waals surface area contributed by atoms with Crippen molar-refractivity contribution < 1.29 is 14.3 Å². The van der Waals surface area contributed by atoms with Gasteiger partial charge >= 0.3 is 0 Å². The number of carbonyl (C=O) groups excluding carboxylic acids is 2. The number of carbonyl (C=O) groups is 2.